The van der Waals surface area contributed by atoms with Gasteiger partial charge < -0.3 is 9.47 Å². The van der Waals surface area contributed by atoms with Gasteiger partial charge in [0.25, 0.3) is 0 Å². The molecule has 2 nitrogen and oxygen atoms in total. The van der Waals surface area contributed by atoms with Gasteiger partial charge in [-0.15, -0.1) is 11.6 Å². The second kappa shape index (κ2) is 6.39. The Labute approximate surface area is 136 Å². The van der Waals surface area contributed by atoms with Crippen molar-refractivity contribution in [2.24, 2.45) is 0 Å². The molecular weight excluding hydrogens is 304 g/mol. The molecule has 1 spiro atoms. The Balaban J connectivity index is 1.74. The third-order valence-electron chi connectivity index (χ3n) is 4.47. The summed E-state index contributed by atoms with van der Waals surface area (Å²) in [7, 11) is 0. The van der Waals surface area contributed by atoms with Crippen LogP contribution in [0.4, 0.5) is 0 Å². The molecule has 4 heteroatoms. The first-order valence-corrected chi connectivity index (χ1v) is 9.35. The standard InChI is InChI=1S/C17H23ClO2S/c1-12-7-14(10-18)8-13(2)16(12)20-15-3-5-19-17(9-15)4-6-21-11-17/h7-8,15H,3-6,9-11H2,1-2H3. The summed E-state index contributed by atoms with van der Waals surface area (Å²) in [6.45, 7) is 5.04. The number of benzene rings is 1. The second-order valence-corrected chi connectivity index (χ2v) is 7.63. The maximum absolute atomic E-state index is 6.37. The van der Waals surface area contributed by atoms with Crippen LogP contribution in [-0.4, -0.2) is 29.8 Å². The molecule has 1 aromatic rings. The number of halogens is 1. The molecule has 0 N–H and O–H groups in total. The van der Waals surface area contributed by atoms with Crippen LogP contribution in [0.2, 0.25) is 0 Å². The first kappa shape index (κ1) is 15.5. The molecule has 2 aliphatic rings. The van der Waals surface area contributed by atoms with E-state index in [9.17, 15) is 0 Å². The molecule has 1 aromatic carbocycles. The molecule has 0 radical (unpaired) electrons. The van der Waals surface area contributed by atoms with Crippen molar-refractivity contribution in [3.8, 4) is 5.75 Å². The molecule has 21 heavy (non-hydrogen) atoms. The quantitative estimate of drug-likeness (QED) is 0.763. The summed E-state index contributed by atoms with van der Waals surface area (Å²) in [6, 6.07) is 4.27. The van der Waals surface area contributed by atoms with Crippen molar-refractivity contribution in [1.82, 2.24) is 0 Å². The minimum Gasteiger partial charge on any atom is -0.490 e. The SMILES string of the molecule is Cc1cc(CCl)cc(C)c1OC1CCOC2(CCSC2)C1. The first-order chi connectivity index (χ1) is 10.1. The van der Waals surface area contributed by atoms with Gasteiger partial charge in [0.15, 0.2) is 0 Å². The molecule has 2 saturated heterocycles. The van der Waals surface area contributed by atoms with Gasteiger partial charge in [-0.3, -0.25) is 0 Å². The van der Waals surface area contributed by atoms with E-state index in [1.807, 2.05) is 11.8 Å². The minimum atomic E-state index is 0.0749. The average Bonchev–Trinajstić information content (AvgIpc) is 2.90. The highest BCUT2D eigenvalue weighted by molar-refractivity contribution is 7.99. The molecule has 2 heterocycles. The number of hydrogen-bond acceptors (Lipinski definition) is 3. The highest BCUT2D eigenvalue weighted by atomic mass is 35.5. The van der Waals surface area contributed by atoms with Crippen molar-refractivity contribution in [2.45, 2.75) is 50.7 Å². The van der Waals surface area contributed by atoms with E-state index in [2.05, 4.69) is 26.0 Å². The molecule has 0 aliphatic carbocycles. The summed E-state index contributed by atoms with van der Waals surface area (Å²) in [5, 5.41) is 0. The van der Waals surface area contributed by atoms with Gasteiger partial charge in [0.2, 0.25) is 0 Å². The smallest absolute Gasteiger partial charge is 0.125 e. The maximum atomic E-state index is 6.37. The molecule has 0 amide bonds. The van der Waals surface area contributed by atoms with Gasteiger partial charge in [0.05, 0.1) is 12.2 Å². The van der Waals surface area contributed by atoms with Crippen LogP contribution in [0.15, 0.2) is 12.1 Å². The number of alkyl halides is 1. The van der Waals surface area contributed by atoms with Crippen LogP contribution in [0, 0.1) is 13.8 Å². The predicted molar refractivity (Wildman–Crippen MR) is 89.7 cm³/mol. The van der Waals surface area contributed by atoms with Crippen LogP contribution in [-0.2, 0) is 10.6 Å². The number of rotatable bonds is 3. The summed E-state index contributed by atoms with van der Waals surface area (Å²) in [5.74, 6) is 3.93. The molecule has 2 aliphatic heterocycles. The van der Waals surface area contributed by atoms with Crippen LogP contribution >= 0.6 is 23.4 Å². The second-order valence-electron chi connectivity index (χ2n) is 6.26. The lowest BCUT2D eigenvalue weighted by atomic mass is 9.91. The minimum absolute atomic E-state index is 0.0749. The Bertz CT molecular complexity index is 489. The summed E-state index contributed by atoms with van der Waals surface area (Å²) in [5.41, 5.74) is 3.61. The summed E-state index contributed by atoms with van der Waals surface area (Å²) >= 11 is 7.94. The van der Waals surface area contributed by atoms with Gasteiger partial charge in [-0.1, -0.05) is 12.1 Å². The lowest BCUT2D eigenvalue weighted by Gasteiger charge is -2.38. The fraction of sp³-hybridized carbons (Fsp3) is 0.647. The summed E-state index contributed by atoms with van der Waals surface area (Å²) in [4.78, 5) is 0. The number of hydrogen-bond donors (Lipinski definition) is 0. The Morgan fingerprint density at radius 2 is 2.14 bits per heavy atom. The largest absolute Gasteiger partial charge is 0.490 e. The number of ether oxygens (including phenoxy) is 2. The third-order valence-corrected chi connectivity index (χ3v) is 6.01. The molecule has 116 valence electrons. The van der Waals surface area contributed by atoms with E-state index in [1.165, 1.54) is 23.3 Å². The van der Waals surface area contributed by atoms with E-state index in [-0.39, 0.29) is 11.7 Å². The topological polar surface area (TPSA) is 18.5 Å². The van der Waals surface area contributed by atoms with E-state index in [0.717, 1.165) is 36.5 Å². The van der Waals surface area contributed by atoms with Crippen LogP contribution < -0.4 is 4.74 Å². The van der Waals surface area contributed by atoms with Crippen LogP contribution in [0.3, 0.4) is 0 Å². The lowest BCUT2D eigenvalue weighted by Crippen LogP contribution is -2.44. The zero-order chi connectivity index (χ0) is 14.9. The third kappa shape index (κ3) is 3.35. The van der Waals surface area contributed by atoms with E-state index in [1.54, 1.807) is 0 Å². The van der Waals surface area contributed by atoms with Gasteiger partial charge in [0, 0.05) is 24.5 Å². The van der Waals surface area contributed by atoms with Crippen molar-refractivity contribution in [2.75, 3.05) is 18.1 Å². The molecule has 2 unspecified atom stereocenters. The molecule has 3 rings (SSSR count). The van der Waals surface area contributed by atoms with Crippen LogP contribution in [0.1, 0.15) is 36.0 Å². The van der Waals surface area contributed by atoms with Crippen LogP contribution in [0.25, 0.3) is 0 Å². The molecule has 0 bridgehead atoms. The zero-order valence-electron chi connectivity index (χ0n) is 12.8. The van der Waals surface area contributed by atoms with Crippen molar-refractivity contribution < 1.29 is 9.47 Å². The van der Waals surface area contributed by atoms with Crippen molar-refractivity contribution in [1.29, 1.82) is 0 Å². The van der Waals surface area contributed by atoms with E-state index >= 15 is 0 Å². The number of thioether (sulfide) groups is 1. The van der Waals surface area contributed by atoms with Crippen molar-refractivity contribution >= 4 is 23.4 Å². The fourth-order valence-corrected chi connectivity index (χ4v) is 4.95. The summed E-state index contributed by atoms with van der Waals surface area (Å²) < 4.78 is 12.4. The fourth-order valence-electron chi connectivity index (χ4n) is 3.42. The Hall–Kier alpha value is -0.380. The molecular formula is C17H23ClO2S. The predicted octanol–water partition coefficient (Wildman–Crippen LogP) is 4.48. The van der Waals surface area contributed by atoms with Gasteiger partial charge >= 0.3 is 0 Å². The number of aryl methyl sites for hydroxylation is 2. The highest BCUT2D eigenvalue weighted by Crippen LogP contribution is 2.40. The van der Waals surface area contributed by atoms with E-state index < -0.39 is 0 Å². The lowest BCUT2D eigenvalue weighted by molar-refractivity contribution is -0.0960. The first-order valence-electron chi connectivity index (χ1n) is 7.66. The normalized spacial score (nSPS) is 29.0. The van der Waals surface area contributed by atoms with E-state index in [0.29, 0.717) is 5.88 Å². The Kier molecular flexibility index (Phi) is 4.72. The Morgan fingerprint density at radius 3 is 2.76 bits per heavy atom. The average molecular weight is 327 g/mol. The Morgan fingerprint density at radius 1 is 1.38 bits per heavy atom. The zero-order valence-corrected chi connectivity index (χ0v) is 14.4. The van der Waals surface area contributed by atoms with Crippen LogP contribution in [0.5, 0.6) is 5.75 Å². The monoisotopic (exact) mass is 326 g/mol. The van der Waals surface area contributed by atoms with E-state index in [4.69, 9.17) is 21.1 Å². The molecule has 2 fully saturated rings. The molecule has 0 aromatic heterocycles. The van der Waals surface area contributed by atoms with Crippen molar-refractivity contribution in [3.05, 3.63) is 28.8 Å². The summed E-state index contributed by atoms with van der Waals surface area (Å²) in [6.07, 6.45) is 3.45. The van der Waals surface area contributed by atoms with Gasteiger partial charge in [-0.05, 0) is 42.7 Å². The van der Waals surface area contributed by atoms with Crippen molar-refractivity contribution in [3.63, 3.8) is 0 Å². The molecule has 2 atom stereocenters. The maximum Gasteiger partial charge on any atom is 0.125 e. The van der Waals surface area contributed by atoms with Gasteiger partial charge in [0.1, 0.15) is 11.9 Å². The molecule has 0 saturated carbocycles. The van der Waals surface area contributed by atoms with Gasteiger partial charge in [-0.2, -0.15) is 11.8 Å². The van der Waals surface area contributed by atoms with Gasteiger partial charge in [-0.25, -0.2) is 0 Å². The highest BCUT2D eigenvalue weighted by Gasteiger charge is 2.41.